The second-order valence-corrected chi connectivity index (χ2v) is 9.94. The first-order valence-corrected chi connectivity index (χ1v) is 13.5. The van der Waals surface area contributed by atoms with E-state index in [4.69, 9.17) is 10.5 Å². The fourth-order valence-electron chi connectivity index (χ4n) is 4.46. The Morgan fingerprint density at radius 2 is 2.12 bits per heavy atom. The van der Waals surface area contributed by atoms with Gasteiger partial charge in [0.25, 0.3) is 0 Å². The average molecular weight is 627 g/mol. The SMILES string of the molecule is CCC[C@@H](CCOC(=O)C(F)(F)F)Nc1nc(N)nc2c(Br)nn(Cc3ncc(C4=CCNCC4)cc3OC)c12. The average Bonchev–Trinajstić information content (AvgIpc) is 3.23. The second kappa shape index (κ2) is 12.8. The molecule has 0 amide bonds. The first-order valence-electron chi connectivity index (χ1n) is 12.7. The van der Waals surface area contributed by atoms with Gasteiger partial charge in [0.1, 0.15) is 22.5 Å². The molecule has 216 valence electrons. The minimum Gasteiger partial charge on any atom is -0.495 e. The Labute approximate surface area is 236 Å². The van der Waals surface area contributed by atoms with Gasteiger partial charge in [-0.05, 0) is 52.5 Å². The molecule has 15 heteroatoms. The van der Waals surface area contributed by atoms with Gasteiger partial charge in [0, 0.05) is 25.2 Å². The number of nitrogens with zero attached hydrogens (tertiary/aromatic N) is 5. The number of nitrogens with two attached hydrogens (primary N) is 1. The molecule has 3 aromatic rings. The molecule has 4 rings (SSSR count). The summed E-state index contributed by atoms with van der Waals surface area (Å²) in [4.78, 5) is 24.5. The number of carbonyl (C=O) groups is 1. The maximum absolute atomic E-state index is 12.5. The number of anilines is 2. The summed E-state index contributed by atoms with van der Waals surface area (Å²) >= 11 is 3.44. The number of carbonyl (C=O) groups excluding carboxylic acids is 1. The van der Waals surface area contributed by atoms with E-state index < -0.39 is 18.8 Å². The quantitative estimate of drug-likeness (QED) is 0.266. The number of nitrogens with one attached hydrogen (secondary N) is 2. The third-order valence-corrected chi connectivity index (χ3v) is 6.89. The van der Waals surface area contributed by atoms with Crippen molar-refractivity contribution < 1.29 is 27.4 Å². The lowest BCUT2D eigenvalue weighted by Gasteiger charge is -2.20. The number of nitrogen functional groups attached to an aromatic ring is 1. The number of esters is 1. The summed E-state index contributed by atoms with van der Waals surface area (Å²) in [7, 11) is 1.58. The molecule has 0 aromatic carbocycles. The third-order valence-electron chi connectivity index (χ3n) is 6.36. The van der Waals surface area contributed by atoms with Crippen molar-refractivity contribution in [1.82, 2.24) is 30.0 Å². The van der Waals surface area contributed by atoms with E-state index in [1.807, 2.05) is 19.2 Å². The summed E-state index contributed by atoms with van der Waals surface area (Å²) in [6, 6.07) is 1.59. The van der Waals surface area contributed by atoms with Crippen molar-refractivity contribution in [2.75, 3.05) is 37.9 Å². The van der Waals surface area contributed by atoms with Gasteiger partial charge in [0.15, 0.2) is 10.4 Å². The van der Waals surface area contributed by atoms with E-state index in [1.165, 1.54) is 5.57 Å². The van der Waals surface area contributed by atoms with E-state index in [2.05, 4.69) is 57.4 Å². The maximum Gasteiger partial charge on any atom is 0.490 e. The molecule has 1 aliphatic heterocycles. The monoisotopic (exact) mass is 626 g/mol. The van der Waals surface area contributed by atoms with Crippen molar-refractivity contribution in [2.24, 2.45) is 0 Å². The van der Waals surface area contributed by atoms with Crippen molar-refractivity contribution in [3.05, 3.63) is 34.2 Å². The highest BCUT2D eigenvalue weighted by Crippen LogP contribution is 2.31. The normalized spacial score (nSPS) is 14.6. The maximum atomic E-state index is 12.5. The molecular weight excluding hydrogens is 597 g/mol. The van der Waals surface area contributed by atoms with Crippen LogP contribution in [0.2, 0.25) is 0 Å². The number of ether oxygens (including phenoxy) is 2. The van der Waals surface area contributed by atoms with E-state index in [0.29, 0.717) is 39.3 Å². The highest BCUT2D eigenvalue weighted by molar-refractivity contribution is 9.10. The van der Waals surface area contributed by atoms with Crippen molar-refractivity contribution in [3.63, 3.8) is 0 Å². The zero-order valence-electron chi connectivity index (χ0n) is 22.0. The van der Waals surface area contributed by atoms with Gasteiger partial charge in [-0.1, -0.05) is 19.4 Å². The smallest absolute Gasteiger partial charge is 0.490 e. The summed E-state index contributed by atoms with van der Waals surface area (Å²) < 4.78 is 49.7. The molecule has 4 N–H and O–H groups in total. The summed E-state index contributed by atoms with van der Waals surface area (Å²) in [5.74, 6) is -1.29. The Morgan fingerprint density at radius 3 is 2.80 bits per heavy atom. The van der Waals surface area contributed by atoms with Crippen LogP contribution in [-0.2, 0) is 16.1 Å². The van der Waals surface area contributed by atoms with Crippen LogP contribution in [0.15, 0.2) is 22.9 Å². The van der Waals surface area contributed by atoms with Gasteiger partial charge in [-0.25, -0.2) is 9.78 Å². The molecular formula is C25H30BrF3N8O3. The Hall–Kier alpha value is -3.46. The van der Waals surface area contributed by atoms with Crippen LogP contribution in [0.4, 0.5) is 24.9 Å². The Kier molecular flexibility index (Phi) is 9.45. The van der Waals surface area contributed by atoms with Gasteiger partial charge in [0.05, 0.1) is 20.3 Å². The lowest BCUT2D eigenvalue weighted by Crippen LogP contribution is -2.28. The fraction of sp³-hybridized carbons (Fsp3) is 0.480. The van der Waals surface area contributed by atoms with E-state index in [9.17, 15) is 18.0 Å². The lowest BCUT2D eigenvalue weighted by atomic mass is 10.0. The molecule has 40 heavy (non-hydrogen) atoms. The zero-order valence-corrected chi connectivity index (χ0v) is 23.6. The molecule has 4 heterocycles. The highest BCUT2D eigenvalue weighted by atomic mass is 79.9. The zero-order chi connectivity index (χ0) is 28.9. The van der Waals surface area contributed by atoms with Crippen LogP contribution >= 0.6 is 15.9 Å². The van der Waals surface area contributed by atoms with Crippen LogP contribution in [0, 0.1) is 0 Å². The van der Waals surface area contributed by atoms with Crippen molar-refractivity contribution in [2.45, 2.75) is 51.4 Å². The Bertz CT molecular complexity index is 1400. The number of alkyl halides is 3. The van der Waals surface area contributed by atoms with Crippen LogP contribution in [0.3, 0.4) is 0 Å². The minimum absolute atomic E-state index is 0.00990. The number of pyridine rings is 1. The number of aromatic nitrogens is 5. The molecule has 11 nitrogen and oxygen atoms in total. The Balaban J connectivity index is 1.62. The van der Waals surface area contributed by atoms with Crippen LogP contribution in [0.5, 0.6) is 5.75 Å². The van der Waals surface area contributed by atoms with Crippen LogP contribution in [-0.4, -0.2) is 69.7 Å². The van der Waals surface area contributed by atoms with Crippen LogP contribution < -0.4 is 21.1 Å². The van der Waals surface area contributed by atoms with Gasteiger partial charge in [-0.2, -0.15) is 23.3 Å². The number of rotatable bonds is 11. The number of hydrogen-bond donors (Lipinski definition) is 3. The molecule has 3 aromatic heterocycles. The van der Waals surface area contributed by atoms with Gasteiger partial charge in [-0.15, -0.1) is 0 Å². The van der Waals surface area contributed by atoms with E-state index in [1.54, 1.807) is 11.8 Å². The van der Waals surface area contributed by atoms with Crippen LogP contribution in [0.25, 0.3) is 16.6 Å². The first kappa shape index (κ1) is 29.5. The predicted octanol–water partition coefficient (Wildman–Crippen LogP) is 4.08. The molecule has 0 spiro atoms. The standard InChI is InChI=1S/C25H30BrF3N8O3/c1-3-4-16(7-10-40-23(38)25(27,28)29)33-22-20-19(34-24(30)35-22)21(26)36-37(20)13-17-18(39-2)11-15(12-32-17)14-5-8-31-9-6-14/h5,11-12,16,31H,3-4,6-10,13H2,1-2H3,(H3,30,33,34,35)/t16-/m0/s1. The van der Waals surface area contributed by atoms with E-state index in [-0.39, 0.29) is 25.0 Å². The first-order chi connectivity index (χ1) is 19.1. The molecule has 0 aliphatic carbocycles. The topological polar surface area (TPSA) is 142 Å². The molecule has 0 unspecified atom stereocenters. The van der Waals surface area contributed by atoms with Crippen molar-refractivity contribution in [3.8, 4) is 5.75 Å². The second-order valence-electron chi connectivity index (χ2n) is 9.18. The molecule has 0 fully saturated rings. The van der Waals surface area contributed by atoms with Gasteiger partial charge in [-0.3, -0.25) is 9.67 Å². The molecule has 0 bridgehead atoms. The summed E-state index contributed by atoms with van der Waals surface area (Å²) in [6.45, 7) is 3.43. The lowest BCUT2D eigenvalue weighted by molar-refractivity contribution is -0.199. The fourth-order valence-corrected chi connectivity index (χ4v) is 4.92. The largest absolute Gasteiger partial charge is 0.495 e. The van der Waals surface area contributed by atoms with Crippen LogP contribution in [0.1, 0.15) is 43.9 Å². The molecule has 0 saturated carbocycles. The predicted molar refractivity (Wildman–Crippen MR) is 147 cm³/mol. The number of methoxy groups -OCH3 is 1. The van der Waals surface area contributed by atoms with Crippen molar-refractivity contribution >= 4 is 50.3 Å². The Morgan fingerprint density at radius 1 is 1.32 bits per heavy atom. The molecule has 0 saturated heterocycles. The summed E-state index contributed by atoms with van der Waals surface area (Å²) in [5, 5.41) is 11.1. The number of halogens is 4. The highest BCUT2D eigenvalue weighted by Gasteiger charge is 2.40. The summed E-state index contributed by atoms with van der Waals surface area (Å²) in [5.41, 5.74) is 9.75. The summed E-state index contributed by atoms with van der Waals surface area (Å²) in [6.07, 6.45) is 1.21. The van der Waals surface area contributed by atoms with E-state index in [0.717, 1.165) is 31.5 Å². The van der Waals surface area contributed by atoms with Gasteiger partial charge in [0.2, 0.25) is 5.95 Å². The van der Waals surface area contributed by atoms with Crippen molar-refractivity contribution in [1.29, 1.82) is 0 Å². The molecule has 1 aliphatic rings. The minimum atomic E-state index is -5.04. The third kappa shape index (κ3) is 6.99. The molecule has 1 atom stereocenters. The number of fused-ring (bicyclic) bond motifs is 1. The van der Waals surface area contributed by atoms with Gasteiger partial charge >= 0.3 is 12.1 Å². The number of hydrogen-bond acceptors (Lipinski definition) is 10. The molecule has 0 radical (unpaired) electrons. The van der Waals surface area contributed by atoms with E-state index >= 15 is 0 Å². The van der Waals surface area contributed by atoms with Gasteiger partial charge < -0.3 is 25.8 Å².